The van der Waals surface area contributed by atoms with Crippen LogP contribution in [0, 0.1) is 6.92 Å². The van der Waals surface area contributed by atoms with Crippen LogP contribution in [0.15, 0.2) is 24.3 Å². The predicted octanol–water partition coefficient (Wildman–Crippen LogP) is 4.80. The Bertz CT molecular complexity index is 579. The monoisotopic (exact) mass is 248 g/mol. The van der Waals surface area contributed by atoms with E-state index in [0.717, 1.165) is 16.3 Å². The first kappa shape index (κ1) is 12.3. The van der Waals surface area contributed by atoms with E-state index in [-0.39, 0.29) is 11.2 Å². The summed E-state index contributed by atoms with van der Waals surface area (Å²) in [6.45, 7) is 8.50. The van der Waals surface area contributed by atoms with Gasteiger partial charge < -0.3 is 5.11 Å². The summed E-state index contributed by atoms with van der Waals surface area (Å²) in [7, 11) is 0. The van der Waals surface area contributed by atoms with Crippen LogP contribution in [-0.2, 0) is 5.41 Å². The van der Waals surface area contributed by atoms with E-state index in [4.69, 9.17) is 11.6 Å². The molecule has 1 N–H and O–H groups in total. The van der Waals surface area contributed by atoms with E-state index >= 15 is 0 Å². The zero-order valence-electron chi connectivity index (χ0n) is 10.6. The number of aryl methyl sites for hydroxylation is 1. The Labute approximate surface area is 107 Å². The van der Waals surface area contributed by atoms with Crippen molar-refractivity contribution >= 4 is 22.4 Å². The van der Waals surface area contributed by atoms with Gasteiger partial charge in [-0.15, -0.1) is 0 Å². The lowest BCUT2D eigenvalue weighted by atomic mass is 9.82. The van der Waals surface area contributed by atoms with Crippen molar-refractivity contribution < 1.29 is 5.11 Å². The number of hydrogen-bond acceptors (Lipinski definition) is 1. The molecule has 0 heterocycles. The molecule has 0 aliphatic carbocycles. The molecular formula is C15H17ClO. The van der Waals surface area contributed by atoms with Gasteiger partial charge in [-0.2, -0.15) is 0 Å². The number of hydrogen-bond donors (Lipinski definition) is 1. The predicted molar refractivity (Wildman–Crippen MR) is 74.1 cm³/mol. The van der Waals surface area contributed by atoms with Crippen molar-refractivity contribution in [2.45, 2.75) is 33.1 Å². The lowest BCUT2D eigenvalue weighted by Gasteiger charge is -2.23. The molecule has 17 heavy (non-hydrogen) atoms. The van der Waals surface area contributed by atoms with Crippen LogP contribution in [0.1, 0.15) is 31.9 Å². The normalized spacial score (nSPS) is 12.1. The molecule has 0 aliphatic heterocycles. The molecule has 0 saturated heterocycles. The van der Waals surface area contributed by atoms with Gasteiger partial charge in [0.05, 0.1) is 5.02 Å². The summed E-state index contributed by atoms with van der Waals surface area (Å²) in [5.41, 5.74) is 2.30. The fourth-order valence-electron chi connectivity index (χ4n) is 2.21. The van der Waals surface area contributed by atoms with Crippen LogP contribution in [0.3, 0.4) is 0 Å². The maximum Gasteiger partial charge on any atom is 0.135 e. The van der Waals surface area contributed by atoms with Gasteiger partial charge >= 0.3 is 0 Å². The highest BCUT2D eigenvalue weighted by molar-refractivity contribution is 6.37. The first-order chi connectivity index (χ1) is 7.82. The van der Waals surface area contributed by atoms with Crippen LogP contribution in [0.4, 0.5) is 0 Å². The molecule has 0 saturated carbocycles. The summed E-state index contributed by atoms with van der Waals surface area (Å²) in [4.78, 5) is 0. The average molecular weight is 249 g/mol. The highest BCUT2D eigenvalue weighted by Crippen LogP contribution is 2.40. The second-order valence-electron chi connectivity index (χ2n) is 5.50. The van der Waals surface area contributed by atoms with Gasteiger partial charge in [-0.3, -0.25) is 0 Å². The van der Waals surface area contributed by atoms with Crippen molar-refractivity contribution in [3.63, 3.8) is 0 Å². The quantitative estimate of drug-likeness (QED) is 0.710. The average Bonchev–Trinajstić information content (AvgIpc) is 2.22. The number of phenolic OH excluding ortho intramolecular Hbond substituents is 1. The highest BCUT2D eigenvalue weighted by atomic mass is 35.5. The summed E-state index contributed by atoms with van der Waals surface area (Å²) in [6.07, 6.45) is 0. The summed E-state index contributed by atoms with van der Waals surface area (Å²) >= 11 is 6.17. The van der Waals surface area contributed by atoms with Gasteiger partial charge in [-0.1, -0.05) is 50.6 Å². The van der Waals surface area contributed by atoms with Gasteiger partial charge in [0.25, 0.3) is 0 Å². The largest absolute Gasteiger partial charge is 0.506 e. The molecule has 0 amide bonds. The van der Waals surface area contributed by atoms with Crippen molar-refractivity contribution in [1.29, 1.82) is 0 Å². The fourth-order valence-corrected chi connectivity index (χ4v) is 2.42. The van der Waals surface area contributed by atoms with Crippen LogP contribution >= 0.6 is 11.6 Å². The van der Waals surface area contributed by atoms with Crippen LogP contribution in [0.5, 0.6) is 5.75 Å². The number of aromatic hydroxyl groups is 1. The van der Waals surface area contributed by atoms with E-state index in [1.165, 1.54) is 5.56 Å². The standard InChI is InChI=1S/C15H17ClO/c1-9-6-5-7-10-13(9)11(15(2,3)4)8-12(17)14(10)16/h5-8,17H,1-4H3. The van der Waals surface area contributed by atoms with E-state index in [1.807, 2.05) is 12.1 Å². The van der Waals surface area contributed by atoms with Gasteiger partial charge in [-0.05, 0) is 34.9 Å². The van der Waals surface area contributed by atoms with Gasteiger partial charge in [0, 0.05) is 5.39 Å². The molecule has 0 radical (unpaired) electrons. The molecule has 0 aliphatic rings. The van der Waals surface area contributed by atoms with E-state index < -0.39 is 0 Å². The van der Waals surface area contributed by atoms with Gasteiger partial charge in [0.15, 0.2) is 0 Å². The molecular weight excluding hydrogens is 232 g/mol. The molecule has 2 aromatic carbocycles. The van der Waals surface area contributed by atoms with Gasteiger partial charge in [0.1, 0.15) is 5.75 Å². The Morgan fingerprint density at radius 2 is 1.82 bits per heavy atom. The topological polar surface area (TPSA) is 20.2 Å². The Hall–Kier alpha value is -1.21. The first-order valence-corrected chi connectivity index (χ1v) is 6.11. The van der Waals surface area contributed by atoms with E-state index in [2.05, 4.69) is 33.8 Å². The molecule has 0 aromatic heterocycles. The van der Waals surface area contributed by atoms with E-state index in [9.17, 15) is 5.11 Å². The Morgan fingerprint density at radius 3 is 2.41 bits per heavy atom. The lowest BCUT2D eigenvalue weighted by molar-refractivity contribution is 0.472. The van der Waals surface area contributed by atoms with Crippen LogP contribution in [0.2, 0.25) is 5.02 Å². The van der Waals surface area contributed by atoms with Crippen LogP contribution < -0.4 is 0 Å². The lowest BCUT2D eigenvalue weighted by Crippen LogP contribution is -2.12. The number of fused-ring (bicyclic) bond motifs is 1. The third-order valence-corrected chi connectivity index (χ3v) is 3.49. The Morgan fingerprint density at radius 1 is 1.18 bits per heavy atom. The van der Waals surface area contributed by atoms with E-state index in [0.29, 0.717) is 5.02 Å². The number of rotatable bonds is 0. The molecule has 0 fully saturated rings. The molecule has 0 unspecified atom stereocenters. The van der Waals surface area contributed by atoms with Crippen molar-refractivity contribution in [2.24, 2.45) is 0 Å². The first-order valence-electron chi connectivity index (χ1n) is 5.73. The number of halogens is 1. The highest BCUT2D eigenvalue weighted by Gasteiger charge is 2.21. The summed E-state index contributed by atoms with van der Waals surface area (Å²) < 4.78 is 0. The summed E-state index contributed by atoms with van der Waals surface area (Å²) in [6, 6.07) is 7.79. The van der Waals surface area contributed by atoms with Crippen molar-refractivity contribution in [3.05, 3.63) is 40.4 Å². The molecule has 0 spiro atoms. The van der Waals surface area contributed by atoms with Crippen LogP contribution in [0.25, 0.3) is 10.8 Å². The number of benzene rings is 2. The third kappa shape index (κ3) is 2.00. The third-order valence-electron chi connectivity index (χ3n) is 3.09. The minimum atomic E-state index is -0.0214. The zero-order chi connectivity index (χ0) is 12.8. The smallest absolute Gasteiger partial charge is 0.135 e. The molecule has 0 bridgehead atoms. The minimum absolute atomic E-state index is 0.0214. The number of phenols is 1. The van der Waals surface area contributed by atoms with Gasteiger partial charge in [-0.25, -0.2) is 0 Å². The summed E-state index contributed by atoms with van der Waals surface area (Å²) in [5.74, 6) is 0.162. The SMILES string of the molecule is Cc1cccc2c(Cl)c(O)cc(C(C)(C)C)c12. The van der Waals surface area contributed by atoms with Crippen molar-refractivity contribution in [2.75, 3.05) is 0 Å². The van der Waals surface area contributed by atoms with Gasteiger partial charge in [0.2, 0.25) is 0 Å². The van der Waals surface area contributed by atoms with Crippen LogP contribution in [-0.4, -0.2) is 5.11 Å². The minimum Gasteiger partial charge on any atom is -0.506 e. The zero-order valence-corrected chi connectivity index (χ0v) is 11.4. The van der Waals surface area contributed by atoms with Crippen molar-refractivity contribution in [1.82, 2.24) is 0 Å². The molecule has 2 aromatic rings. The Balaban J connectivity index is 2.99. The Kier molecular flexibility index (Phi) is 2.82. The second kappa shape index (κ2) is 3.92. The maximum atomic E-state index is 9.92. The molecule has 2 heteroatoms. The molecule has 2 rings (SSSR count). The maximum absolute atomic E-state index is 9.92. The fraction of sp³-hybridized carbons (Fsp3) is 0.333. The summed E-state index contributed by atoms with van der Waals surface area (Å²) in [5, 5.41) is 12.4. The molecule has 90 valence electrons. The molecule has 1 nitrogen and oxygen atoms in total. The van der Waals surface area contributed by atoms with E-state index in [1.54, 1.807) is 6.07 Å². The van der Waals surface area contributed by atoms with Crippen molar-refractivity contribution in [3.8, 4) is 5.75 Å². The second-order valence-corrected chi connectivity index (χ2v) is 5.88. The molecule has 0 atom stereocenters.